The predicted octanol–water partition coefficient (Wildman–Crippen LogP) is 3.57. The fraction of sp³-hybridized carbons (Fsp3) is 0.947. The van der Waals surface area contributed by atoms with E-state index < -0.39 is 5.60 Å². The zero-order valence-corrected chi connectivity index (χ0v) is 16.0. The molecule has 3 unspecified atom stereocenters. The van der Waals surface area contributed by atoms with E-state index in [4.69, 9.17) is 9.47 Å². The second-order valence-electron chi connectivity index (χ2n) is 8.45. The van der Waals surface area contributed by atoms with Gasteiger partial charge in [-0.25, -0.2) is 4.79 Å². The van der Waals surface area contributed by atoms with E-state index >= 15 is 0 Å². The molecule has 5 nitrogen and oxygen atoms in total. The van der Waals surface area contributed by atoms with E-state index in [1.807, 2.05) is 25.7 Å². The van der Waals surface area contributed by atoms with Gasteiger partial charge in [0, 0.05) is 31.8 Å². The molecule has 2 rings (SSSR count). The third-order valence-corrected chi connectivity index (χ3v) is 4.91. The molecule has 140 valence electrons. The second kappa shape index (κ2) is 9.04. The lowest BCUT2D eigenvalue weighted by molar-refractivity contribution is 0.0150. The van der Waals surface area contributed by atoms with Crippen LogP contribution in [0.2, 0.25) is 0 Å². The van der Waals surface area contributed by atoms with Gasteiger partial charge in [0.25, 0.3) is 0 Å². The van der Waals surface area contributed by atoms with Crippen LogP contribution in [0, 0.1) is 5.92 Å². The summed E-state index contributed by atoms with van der Waals surface area (Å²) in [4.78, 5) is 14.6. The Balaban J connectivity index is 1.86. The second-order valence-corrected chi connectivity index (χ2v) is 8.45. The van der Waals surface area contributed by atoms with Crippen LogP contribution >= 0.6 is 0 Å². The van der Waals surface area contributed by atoms with Gasteiger partial charge in [0.2, 0.25) is 0 Å². The number of nitrogens with zero attached hydrogens (tertiary/aromatic N) is 1. The van der Waals surface area contributed by atoms with Crippen molar-refractivity contribution >= 4 is 6.09 Å². The van der Waals surface area contributed by atoms with Crippen LogP contribution in [0.15, 0.2) is 0 Å². The van der Waals surface area contributed by atoms with Crippen molar-refractivity contribution in [1.82, 2.24) is 10.2 Å². The Hall–Kier alpha value is -0.810. The Morgan fingerprint density at radius 1 is 1.29 bits per heavy atom. The van der Waals surface area contributed by atoms with Crippen molar-refractivity contribution in [3.63, 3.8) is 0 Å². The highest BCUT2D eigenvalue weighted by molar-refractivity contribution is 5.68. The van der Waals surface area contributed by atoms with Crippen molar-refractivity contribution < 1.29 is 14.3 Å². The summed E-state index contributed by atoms with van der Waals surface area (Å²) in [7, 11) is 0. The SMILES string of the molecule is CC(CC1CCCCCN1C(=O)OC(C)(C)C)NCC1CCOC1. The molecule has 0 aliphatic carbocycles. The Morgan fingerprint density at radius 2 is 2.08 bits per heavy atom. The van der Waals surface area contributed by atoms with Crippen molar-refractivity contribution in [2.75, 3.05) is 26.3 Å². The van der Waals surface area contributed by atoms with Crippen LogP contribution in [0.4, 0.5) is 4.79 Å². The first-order valence-corrected chi connectivity index (χ1v) is 9.66. The largest absolute Gasteiger partial charge is 0.444 e. The van der Waals surface area contributed by atoms with Gasteiger partial charge in [-0.2, -0.15) is 0 Å². The highest BCUT2D eigenvalue weighted by atomic mass is 16.6. The minimum Gasteiger partial charge on any atom is -0.444 e. The average Bonchev–Trinajstić information content (AvgIpc) is 2.89. The molecule has 2 heterocycles. The summed E-state index contributed by atoms with van der Waals surface area (Å²) < 4.78 is 11.1. The highest BCUT2D eigenvalue weighted by Crippen LogP contribution is 2.23. The summed E-state index contributed by atoms with van der Waals surface area (Å²) in [5.74, 6) is 0.642. The van der Waals surface area contributed by atoms with E-state index in [9.17, 15) is 4.79 Å². The minimum atomic E-state index is -0.430. The van der Waals surface area contributed by atoms with Crippen LogP contribution in [0.5, 0.6) is 0 Å². The Kier molecular flexibility index (Phi) is 7.35. The molecule has 24 heavy (non-hydrogen) atoms. The number of hydrogen-bond donors (Lipinski definition) is 1. The van der Waals surface area contributed by atoms with Crippen molar-refractivity contribution in [2.45, 2.75) is 83.9 Å². The van der Waals surface area contributed by atoms with E-state index in [-0.39, 0.29) is 12.1 Å². The fourth-order valence-corrected chi connectivity index (χ4v) is 3.59. The Morgan fingerprint density at radius 3 is 2.75 bits per heavy atom. The van der Waals surface area contributed by atoms with Gasteiger partial charge in [-0.3, -0.25) is 0 Å². The van der Waals surface area contributed by atoms with Crippen molar-refractivity contribution in [2.24, 2.45) is 5.92 Å². The van der Waals surface area contributed by atoms with Gasteiger partial charge in [0.1, 0.15) is 5.60 Å². The van der Waals surface area contributed by atoms with Crippen LogP contribution in [-0.4, -0.2) is 55.0 Å². The molecule has 0 saturated carbocycles. The number of carbonyl (C=O) groups excluding carboxylic acids is 1. The molecule has 2 fully saturated rings. The predicted molar refractivity (Wildman–Crippen MR) is 96.2 cm³/mol. The molecule has 2 aliphatic heterocycles. The molecule has 0 aromatic heterocycles. The number of ether oxygens (including phenoxy) is 2. The van der Waals surface area contributed by atoms with Crippen LogP contribution in [0.3, 0.4) is 0 Å². The molecule has 0 radical (unpaired) electrons. The standard InChI is InChI=1S/C19H36N2O3/c1-15(20-13-16-9-11-23-14-16)12-17-8-6-5-7-10-21(17)18(22)24-19(2,3)4/h15-17,20H,5-14H2,1-4H3. The molecule has 0 aromatic rings. The number of amides is 1. The maximum atomic E-state index is 12.6. The highest BCUT2D eigenvalue weighted by Gasteiger charge is 2.30. The topological polar surface area (TPSA) is 50.8 Å². The molecule has 1 amide bonds. The molecule has 2 aliphatic rings. The number of rotatable bonds is 5. The summed E-state index contributed by atoms with van der Waals surface area (Å²) in [6.45, 7) is 11.7. The van der Waals surface area contributed by atoms with Crippen molar-refractivity contribution in [3.8, 4) is 0 Å². The Labute approximate surface area is 147 Å². The molecular formula is C19H36N2O3. The lowest BCUT2D eigenvalue weighted by Gasteiger charge is -2.34. The number of carbonyl (C=O) groups is 1. The van der Waals surface area contributed by atoms with Gasteiger partial charge in [0.05, 0.1) is 6.61 Å². The normalized spacial score (nSPS) is 26.9. The lowest BCUT2D eigenvalue weighted by atomic mass is 10.0. The first-order valence-electron chi connectivity index (χ1n) is 9.66. The number of likely N-dealkylation sites (tertiary alicyclic amines) is 1. The fourth-order valence-electron chi connectivity index (χ4n) is 3.59. The monoisotopic (exact) mass is 340 g/mol. The summed E-state index contributed by atoms with van der Waals surface area (Å²) in [5.41, 5.74) is -0.430. The number of hydrogen-bond acceptors (Lipinski definition) is 4. The maximum absolute atomic E-state index is 12.6. The molecule has 0 aromatic carbocycles. The van der Waals surface area contributed by atoms with Crippen molar-refractivity contribution in [3.05, 3.63) is 0 Å². The van der Waals surface area contributed by atoms with Crippen LogP contribution < -0.4 is 5.32 Å². The van der Waals surface area contributed by atoms with E-state index in [0.717, 1.165) is 52.0 Å². The summed E-state index contributed by atoms with van der Waals surface area (Å²) in [5, 5.41) is 3.64. The molecule has 0 bridgehead atoms. The van der Waals surface area contributed by atoms with E-state index in [1.165, 1.54) is 12.8 Å². The average molecular weight is 341 g/mol. The molecule has 0 spiro atoms. The van der Waals surface area contributed by atoms with Crippen LogP contribution in [0.25, 0.3) is 0 Å². The van der Waals surface area contributed by atoms with E-state index in [2.05, 4.69) is 12.2 Å². The van der Waals surface area contributed by atoms with Gasteiger partial charge < -0.3 is 19.7 Å². The third-order valence-electron chi connectivity index (χ3n) is 4.91. The first-order chi connectivity index (χ1) is 11.3. The molecule has 2 saturated heterocycles. The first kappa shape index (κ1) is 19.5. The molecular weight excluding hydrogens is 304 g/mol. The van der Waals surface area contributed by atoms with Gasteiger partial charge >= 0.3 is 6.09 Å². The molecule has 3 atom stereocenters. The maximum Gasteiger partial charge on any atom is 0.410 e. The van der Waals surface area contributed by atoms with Crippen LogP contribution in [-0.2, 0) is 9.47 Å². The van der Waals surface area contributed by atoms with Gasteiger partial charge in [-0.05, 0) is 59.3 Å². The minimum absolute atomic E-state index is 0.147. The smallest absolute Gasteiger partial charge is 0.410 e. The van der Waals surface area contributed by atoms with Crippen molar-refractivity contribution in [1.29, 1.82) is 0 Å². The summed E-state index contributed by atoms with van der Waals surface area (Å²) in [6, 6.07) is 0.684. The molecule has 1 N–H and O–H groups in total. The van der Waals surface area contributed by atoms with Gasteiger partial charge in [-0.15, -0.1) is 0 Å². The summed E-state index contributed by atoms with van der Waals surface area (Å²) >= 11 is 0. The van der Waals surface area contributed by atoms with Gasteiger partial charge in [-0.1, -0.05) is 12.8 Å². The zero-order chi connectivity index (χ0) is 17.6. The Bertz CT molecular complexity index is 389. The quantitative estimate of drug-likeness (QED) is 0.831. The number of nitrogens with one attached hydrogen (secondary N) is 1. The third kappa shape index (κ3) is 6.60. The lowest BCUT2D eigenvalue weighted by Crippen LogP contribution is -2.46. The molecule has 5 heteroatoms. The summed E-state index contributed by atoms with van der Waals surface area (Å²) in [6.07, 6.45) is 6.57. The van der Waals surface area contributed by atoms with E-state index in [0.29, 0.717) is 12.0 Å². The van der Waals surface area contributed by atoms with E-state index in [1.54, 1.807) is 0 Å². The van der Waals surface area contributed by atoms with Gasteiger partial charge in [0.15, 0.2) is 0 Å². The van der Waals surface area contributed by atoms with Crippen LogP contribution in [0.1, 0.15) is 66.2 Å². The zero-order valence-electron chi connectivity index (χ0n) is 16.0.